The molecule has 2 rings (SSSR count). The second-order valence-corrected chi connectivity index (χ2v) is 4.08. The number of aryl methyl sites for hydroxylation is 1. The van der Waals surface area contributed by atoms with Gasteiger partial charge in [0.2, 0.25) is 0 Å². The van der Waals surface area contributed by atoms with Gasteiger partial charge in [0.15, 0.2) is 5.75 Å². The van der Waals surface area contributed by atoms with Crippen molar-refractivity contribution in [3.05, 3.63) is 58.1 Å². The molecule has 2 aromatic rings. The summed E-state index contributed by atoms with van der Waals surface area (Å²) < 4.78 is 5.60. The number of ether oxygens (including phenoxy) is 1. The van der Waals surface area contributed by atoms with Crippen molar-refractivity contribution in [2.45, 2.75) is 13.3 Å². The average Bonchev–Trinajstić information content (AvgIpc) is 2.41. The number of hydrogen-bond acceptors (Lipinski definition) is 4. The van der Waals surface area contributed by atoms with Crippen LogP contribution in [0.1, 0.15) is 12.5 Å². The largest absolute Gasteiger partial charge is 0.455 e. The molecule has 0 aliphatic heterocycles. The van der Waals surface area contributed by atoms with Gasteiger partial charge in [-0.3, -0.25) is 10.1 Å². The zero-order chi connectivity index (χ0) is 13.8. The third-order valence-corrected chi connectivity index (χ3v) is 2.76. The van der Waals surface area contributed by atoms with Crippen LogP contribution in [0, 0.1) is 10.1 Å². The summed E-state index contributed by atoms with van der Waals surface area (Å²) in [6.45, 7) is 2.07. The van der Waals surface area contributed by atoms with E-state index < -0.39 is 4.92 Å². The Morgan fingerprint density at radius 1 is 1.21 bits per heavy atom. The highest BCUT2D eigenvalue weighted by atomic mass is 16.6. The van der Waals surface area contributed by atoms with Crippen molar-refractivity contribution in [3.63, 3.8) is 0 Å². The van der Waals surface area contributed by atoms with E-state index in [1.54, 1.807) is 0 Å². The minimum absolute atomic E-state index is 0.0498. The number of nitrogens with zero attached hydrogens (tertiary/aromatic N) is 1. The van der Waals surface area contributed by atoms with Gasteiger partial charge in [-0.15, -0.1) is 0 Å². The van der Waals surface area contributed by atoms with E-state index in [4.69, 9.17) is 10.5 Å². The molecule has 0 atom stereocenters. The lowest BCUT2D eigenvalue weighted by Crippen LogP contribution is -1.95. The second kappa shape index (κ2) is 5.39. The number of nitrogen functional groups attached to an aromatic ring is 1. The first-order chi connectivity index (χ1) is 9.10. The fourth-order valence-corrected chi connectivity index (χ4v) is 1.66. The number of nitro benzene ring substituents is 1. The van der Waals surface area contributed by atoms with Gasteiger partial charge in [-0.1, -0.05) is 19.1 Å². The van der Waals surface area contributed by atoms with E-state index in [2.05, 4.69) is 6.92 Å². The molecular weight excluding hydrogens is 244 g/mol. The molecule has 0 saturated carbocycles. The Bertz CT molecular complexity index is 594. The van der Waals surface area contributed by atoms with E-state index in [1.807, 2.05) is 24.3 Å². The number of anilines is 1. The summed E-state index contributed by atoms with van der Waals surface area (Å²) in [5, 5.41) is 10.6. The van der Waals surface area contributed by atoms with Gasteiger partial charge >= 0.3 is 0 Å². The Labute approximate surface area is 110 Å². The molecule has 98 valence electrons. The van der Waals surface area contributed by atoms with Gasteiger partial charge < -0.3 is 10.5 Å². The third-order valence-electron chi connectivity index (χ3n) is 2.76. The Kier molecular flexibility index (Phi) is 3.66. The van der Waals surface area contributed by atoms with E-state index in [9.17, 15) is 10.1 Å². The predicted molar refractivity (Wildman–Crippen MR) is 73.4 cm³/mol. The standard InChI is InChI=1S/C14H14N2O3/c1-2-10-3-6-12(7-4-10)19-14-8-5-11(16(17)18)9-13(14)15/h3-9H,2,15H2,1H3. The van der Waals surface area contributed by atoms with Gasteiger partial charge in [-0.25, -0.2) is 0 Å². The van der Waals surface area contributed by atoms with Crippen LogP contribution in [-0.4, -0.2) is 4.92 Å². The zero-order valence-corrected chi connectivity index (χ0v) is 10.5. The van der Waals surface area contributed by atoms with Crippen molar-refractivity contribution in [1.29, 1.82) is 0 Å². The summed E-state index contributed by atoms with van der Waals surface area (Å²) in [5.74, 6) is 1.06. The number of nitro groups is 1. The molecule has 0 fully saturated rings. The normalized spacial score (nSPS) is 10.2. The van der Waals surface area contributed by atoms with E-state index in [0.29, 0.717) is 11.5 Å². The lowest BCUT2D eigenvalue weighted by atomic mass is 10.2. The summed E-state index contributed by atoms with van der Waals surface area (Å²) in [6.07, 6.45) is 0.958. The van der Waals surface area contributed by atoms with Gasteiger partial charge in [-0.05, 0) is 30.2 Å². The van der Waals surface area contributed by atoms with Gasteiger partial charge in [0.05, 0.1) is 10.6 Å². The van der Waals surface area contributed by atoms with Crippen LogP contribution in [0.25, 0.3) is 0 Å². The highest BCUT2D eigenvalue weighted by Gasteiger charge is 2.10. The zero-order valence-electron chi connectivity index (χ0n) is 10.5. The molecule has 0 amide bonds. The number of benzene rings is 2. The topological polar surface area (TPSA) is 78.4 Å². The molecule has 2 N–H and O–H groups in total. The molecule has 19 heavy (non-hydrogen) atoms. The van der Waals surface area contributed by atoms with Gasteiger partial charge in [-0.2, -0.15) is 0 Å². The van der Waals surface area contributed by atoms with Crippen molar-refractivity contribution >= 4 is 11.4 Å². The summed E-state index contributed by atoms with van der Waals surface area (Å²) in [7, 11) is 0. The Hall–Kier alpha value is -2.56. The molecule has 0 radical (unpaired) electrons. The molecule has 0 unspecified atom stereocenters. The first-order valence-corrected chi connectivity index (χ1v) is 5.91. The Morgan fingerprint density at radius 3 is 2.42 bits per heavy atom. The van der Waals surface area contributed by atoms with Crippen molar-refractivity contribution in [1.82, 2.24) is 0 Å². The van der Waals surface area contributed by atoms with Crippen LogP contribution in [-0.2, 0) is 6.42 Å². The number of hydrogen-bond donors (Lipinski definition) is 1. The smallest absolute Gasteiger partial charge is 0.271 e. The van der Waals surface area contributed by atoms with Crippen molar-refractivity contribution < 1.29 is 9.66 Å². The van der Waals surface area contributed by atoms with Gasteiger partial charge in [0, 0.05) is 12.1 Å². The SMILES string of the molecule is CCc1ccc(Oc2ccc([N+](=O)[O-])cc2N)cc1. The van der Waals surface area contributed by atoms with Crippen LogP contribution >= 0.6 is 0 Å². The lowest BCUT2D eigenvalue weighted by molar-refractivity contribution is -0.384. The summed E-state index contributed by atoms with van der Waals surface area (Å²) in [5.41, 5.74) is 7.14. The van der Waals surface area contributed by atoms with Gasteiger partial charge in [0.1, 0.15) is 5.75 Å². The molecule has 0 heterocycles. The molecule has 0 aliphatic rings. The highest BCUT2D eigenvalue weighted by Crippen LogP contribution is 2.30. The molecule has 5 heteroatoms. The van der Waals surface area contributed by atoms with E-state index in [1.165, 1.54) is 23.8 Å². The first-order valence-electron chi connectivity index (χ1n) is 5.91. The summed E-state index contributed by atoms with van der Waals surface area (Å²) in [4.78, 5) is 10.1. The van der Waals surface area contributed by atoms with Crippen LogP contribution in [0.15, 0.2) is 42.5 Å². The van der Waals surface area contributed by atoms with Crippen LogP contribution < -0.4 is 10.5 Å². The fourth-order valence-electron chi connectivity index (χ4n) is 1.66. The molecule has 0 saturated heterocycles. The monoisotopic (exact) mass is 258 g/mol. The molecule has 0 bridgehead atoms. The second-order valence-electron chi connectivity index (χ2n) is 4.08. The van der Waals surface area contributed by atoms with Crippen LogP contribution in [0.5, 0.6) is 11.5 Å². The quantitative estimate of drug-likeness (QED) is 0.517. The maximum Gasteiger partial charge on any atom is 0.271 e. The minimum atomic E-state index is -0.490. The van der Waals surface area contributed by atoms with Crippen LogP contribution in [0.3, 0.4) is 0 Å². The minimum Gasteiger partial charge on any atom is -0.455 e. The third kappa shape index (κ3) is 3.01. The number of rotatable bonds is 4. The number of non-ortho nitro benzene ring substituents is 1. The predicted octanol–water partition coefficient (Wildman–Crippen LogP) is 3.53. The lowest BCUT2D eigenvalue weighted by Gasteiger charge is -2.08. The van der Waals surface area contributed by atoms with Crippen molar-refractivity contribution in [3.8, 4) is 11.5 Å². The van der Waals surface area contributed by atoms with Crippen molar-refractivity contribution in [2.75, 3.05) is 5.73 Å². The van der Waals surface area contributed by atoms with Crippen LogP contribution in [0.4, 0.5) is 11.4 Å². The summed E-state index contributed by atoms with van der Waals surface area (Å²) in [6, 6.07) is 11.8. The van der Waals surface area contributed by atoms with E-state index in [0.717, 1.165) is 6.42 Å². The molecule has 5 nitrogen and oxygen atoms in total. The Morgan fingerprint density at radius 2 is 1.89 bits per heavy atom. The Balaban J connectivity index is 2.20. The first kappa shape index (κ1) is 12.9. The average molecular weight is 258 g/mol. The molecule has 0 spiro atoms. The highest BCUT2D eigenvalue weighted by molar-refractivity contribution is 5.59. The van der Waals surface area contributed by atoms with E-state index in [-0.39, 0.29) is 11.4 Å². The molecule has 0 aliphatic carbocycles. The molecule has 0 aromatic heterocycles. The number of nitrogens with two attached hydrogens (primary N) is 1. The fraction of sp³-hybridized carbons (Fsp3) is 0.143. The van der Waals surface area contributed by atoms with E-state index >= 15 is 0 Å². The van der Waals surface area contributed by atoms with Gasteiger partial charge in [0.25, 0.3) is 5.69 Å². The molecule has 2 aromatic carbocycles. The maximum absolute atomic E-state index is 10.6. The van der Waals surface area contributed by atoms with Crippen LogP contribution in [0.2, 0.25) is 0 Å². The summed E-state index contributed by atoms with van der Waals surface area (Å²) >= 11 is 0. The van der Waals surface area contributed by atoms with Crippen molar-refractivity contribution in [2.24, 2.45) is 0 Å². The maximum atomic E-state index is 10.6. The molecular formula is C14H14N2O3.